The lowest BCUT2D eigenvalue weighted by atomic mass is 10.1. The molecular weight excluding hydrogens is 250 g/mol. The summed E-state index contributed by atoms with van der Waals surface area (Å²) in [6, 6.07) is 2.68. The largest absolute Gasteiger partial charge is 0.469 e. The first-order valence-electron chi connectivity index (χ1n) is 7.27. The molecule has 0 aliphatic heterocycles. The maximum Gasteiger partial charge on any atom is 0.163 e. The minimum atomic E-state index is 0.754. The highest BCUT2D eigenvalue weighted by molar-refractivity contribution is 5.57. The Hall–Kier alpha value is -1.68. The molecular formula is C16H21N3O. The van der Waals surface area contributed by atoms with Crippen molar-refractivity contribution < 1.29 is 4.42 Å². The topological polar surface area (TPSA) is 51.0 Å². The van der Waals surface area contributed by atoms with Crippen LogP contribution < -0.4 is 5.32 Å². The van der Waals surface area contributed by atoms with E-state index in [0.717, 1.165) is 47.5 Å². The van der Waals surface area contributed by atoms with Gasteiger partial charge < -0.3 is 9.73 Å². The lowest BCUT2D eigenvalue weighted by molar-refractivity contribution is 0.535. The van der Waals surface area contributed by atoms with Crippen LogP contribution in [-0.4, -0.2) is 22.6 Å². The van der Waals surface area contributed by atoms with Crippen LogP contribution in [0.15, 0.2) is 16.7 Å². The van der Waals surface area contributed by atoms with Crippen LogP contribution in [0, 0.1) is 20.8 Å². The Morgan fingerprint density at radius 2 is 1.90 bits per heavy atom. The molecule has 4 nitrogen and oxygen atoms in total. The fraction of sp³-hybridized carbons (Fsp3) is 0.500. The predicted octanol–water partition coefficient (Wildman–Crippen LogP) is 2.96. The molecule has 2 aromatic heterocycles. The summed E-state index contributed by atoms with van der Waals surface area (Å²) in [5.41, 5.74) is 4.40. The molecule has 0 atom stereocenters. The molecule has 0 amide bonds. The number of furan rings is 1. The van der Waals surface area contributed by atoms with Crippen molar-refractivity contribution in [1.82, 2.24) is 15.3 Å². The first-order valence-corrected chi connectivity index (χ1v) is 7.27. The summed E-state index contributed by atoms with van der Waals surface area (Å²) in [4.78, 5) is 9.30. The van der Waals surface area contributed by atoms with Crippen LogP contribution in [0.4, 0.5) is 0 Å². The minimum absolute atomic E-state index is 0.754. The molecule has 0 spiro atoms. The molecule has 1 saturated carbocycles. The van der Waals surface area contributed by atoms with Crippen LogP contribution in [0.25, 0.3) is 11.4 Å². The van der Waals surface area contributed by atoms with E-state index in [1.807, 2.05) is 13.0 Å². The maximum atomic E-state index is 5.34. The van der Waals surface area contributed by atoms with E-state index in [-0.39, 0.29) is 0 Å². The monoisotopic (exact) mass is 271 g/mol. The number of rotatable bonds is 5. The Morgan fingerprint density at radius 1 is 1.20 bits per heavy atom. The van der Waals surface area contributed by atoms with Gasteiger partial charge >= 0.3 is 0 Å². The molecule has 2 heterocycles. The fourth-order valence-electron chi connectivity index (χ4n) is 2.53. The van der Waals surface area contributed by atoms with Crippen LogP contribution in [0.3, 0.4) is 0 Å². The van der Waals surface area contributed by atoms with E-state index >= 15 is 0 Å². The Labute approximate surface area is 119 Å². The summed E-state index contributed by atoms with van der Waals surface area (Å²) in [7, 11) is 0. The van der Waals surface area contributed by atoms with Crippen LogP contribution in [-0.2, 0) is 6.42 Å². The molecule has 0 bridgehead atoms. The van der Waals surface area contributed by atoms with Gasteiger partial charge in [0.25, 0.3) is 0 Å². The van der Waals surface area contributed by atoms with Gasteiger partial charge in [-0.15, -0.1) is 0 Å². The zero-order valence-electron chi connectivity index (χ0n) is 12.4. The van der Waals surface area contributed by atoms with E-state index in [4.69, 9.17) is 4.42 Å². The number of hydrogen-bond donors (Lipinski definition) is 1. The molecule has 4 heteroatoms. The van der Waals surface area contributed by atoms with Crippen molar-refractivity contribution in [3.8, 4) is 11.4 Å². The van der Waals surface area contributed by atoms with Crippen molar-refractivity contribution in [2.75, 3.05) is 6.54 Å². The molecule has 106 valence electrons. The summed E-state index contributed by atoms with van der Waals surface area (Å²) < 4.78 is 5.34. The van der Waals surface area contributed by atoms with E-state index in [0.29, 0.717) is 0 Å². The average Bonchev–Trinajstić information content (AvgIpc) is 3.13. The van der Waals surface area contributed by atoms with Crippen LogP contribution >= 0.6 is 0 Å². The number of hydrogen-bond acceptors (Lipinski definition) is 4. The van der Waals surface area contributed by atoms with Gasteiger partial charge in [0, 0.05) is 17.4 Å². The van der Waals surface area contributed by atoms with Crippen molar-refractivity contribution in [3.05, 3.63) is 35.0 Å². The summed E-state index contributed by atoms with van der Waals surface area (Å²) in [5.74, 6) is 1.64. The fourth-order valence-corrected chi connectivity index (χ4v) is 2.53. The number of aryl methyl sites for hydroxylation is 3. The number of nitrogens with zero attached hydrogens (tertiary/aromatic N) is 2. The van der Waals surface area contributed by atoms with E-state index in [2.05, 4.69) is 29.1 Å². The van der Waals surface area contributed by atoms with E-state index in [1.54, 1.807) is 6.26 Å². The summed E-state index contributed by atoms with van der Waals surface area (Å²) in [6.07, 6.45) is 5.34. The normalized spacial score (nSPS) is 14.8. The zero-order chi connectivity index (χ0) is 14.1. The van der Waals surface area contributed by atoms with Gasteiger partial charge in [-0.3, -0.25) is 0 Å². The highest BCUT2D eigenvalue weighted by atomic mass is 16.3. The van der Waals surface area contributed by atoms with Gasteiger partial charge in [0.1, 0.15) is 5.76 Å². The van der Waals surface area contributed by atoms with Crippen molar-refractivity contribution in [2.24, 2.45) is 0 Å². The molecule has 1 fully saturated rings. The number of nitrogens with one attached hydrogen (secondary N) is 1. The second kappa shape index (κ2) is 5.37. The van der Waals surface area contributed by atoms with Crippen molar-refractivity contribution >= 4 is 0 Å². The van der Waals surface area contributed by atoms with Gasteiger partial charge in [-0.05, 0) is 58.2 Å². The van der Waals surface area contributed by atoms with Gasteiger partial charge in [0.05, 0.1) is 11.8 Å². The third kappa shape index (κ3) is 2.75. The van der Waals surface area contributed by atoms with E-state index < -0.39 is 0 Å². The molecule has 1 aliphatic carbocycles. The molecule has 1 aliphatic rings. The molecule has 0 saturated heterocycles. The Morgan fingerprint density at radius 3 is 2.45 bits per heavy atom. The third-order valence-corrected chi connectivity index (χ3v) is 3.91. The average molecular weight is 271 g/mol. The van der Waals surface area contributed by atoms with Gasteiger partial charge in [-0.25, -0.2) is 9.97 Å². The molecule has 0 aromatic carbocycles. The van der Waals surface area contributed by atoms with Crippen LogP contribution in [0.5, 0.6) is 0 Å². The minimum Gasteiger partial charge on any atom is -0.469 e. The Kier molecular flexibility index (Phi) is 3.57. The predicted molar refractivity (Wildman–Crippen MR) is 78.7 cm³/mol. The first kappa shape index (κ1) is 13.3. The Bertz CT molecular complexity index is 591. The second-order valence-electron chi connectivity index (χ2n) is 5.57. The molecule has 0 unspecified atom stereocenters. The van der Waals surface area contributed by atoms with Gasteiger partial charge in [0.15, 0.2) is 5.82 Å². The smallest absolute Gasteiger partial charge is 0.163 e. The maximum absolute atomic E-state index is 5.34. The molecule has 0 radical (unpaired) electrons. The molecule has 2 aromatic rings. The summed E-state index contributed by atoms with van der Waals surface area (Å²) in [6.45, 7) is 7.09. The quantitative estimate of drug-likeness (QED) is 0.908. The molecule has 1 N–H and O–H groups in total. The Balaban J connectivity index is 1.80. The molecule has 20 heavy (non-hydrogen) atoms. The lowest BCUT2D eigenvalue weighted by Gasteiger charge is -2.11. The summed E-state index contributed by atoms with van der Waals surface area (Å²) in [5, 5.41) is 3.54. The third-order valence-electron chi connectivity index (χ3n) is 3.91. The van der Waals surface area contributed by atoms with Crippen molar-refractivity contribution in [2.45, 2.75) is 46.1 Å². The second-order valence-corrected chi connectivity index (χ2v) is 5.57. The van der Waals surface area contributed by atoms with Crippen molar-refractivity contribution in [3.63, 3.8) is 0 Å². The number of aromatic nitrogens is 2. The van der Waals surface area contributed by atoms with Gasteiger partial charge in [-0.2, -0.15) is 0 Å². The van der Waals surface area contributed by atoms with Crippen molar-refractivity contribution in [1.29, 1.82) is 0 Å². The van der Waals surface area contributed by atoms with E-state index in [1.165, 1.54) is 18.4 Å². The van der Waals surface area contributed by atoms with Crippen LogP contribution in [0.2, 0.25) is 0 Å². The van der Waals surface area contributed by atoms with Gasteiger partial charge in [0.2, 0.25) is 0 Å². The lowest BCUT2D eigenvalue weighted by Crippen LogP contribution is -2.20. The first-order chi connectivity index (χ1) is 9.65. The highest BCUT2D eigenvalue weighted by Crippen LogP contribution is 2.23. The van der Waals surface area contributed by atoms with Gasteiger partial charge in [-0.1, -0.05) is 0 Å². The zero-order valence-corrected chi connectivity index (χ0v) is 12.4. The molecule has 3 rings (SSSR count). The standard InChI is InChI=1S/C16H21N3O/c1-10-14(6-8-17-13-4-5-13)11(2)19-16(18-10)15-7-9-20-12(15)3/h7,9,13,17H,4-6,8H2,1-3H3. The SMILES string of the molecule is Cc1nc(-c2ccoc2C)nc(C)c1CCNC1CC1. The summed E-state index contributed by atoms with van der Waals surface area (Å²) >= 11 is 0. The van der Waals surface area contributed by atoms with E-state index in [9.17, 15) is 0 Å². The van der Waals surface area contributed by atoms with Crippen LogP contribution in [0.1, 0.15) is 35.6 Å². The highest BCUT2D eigenvalue weighted by Gasteiger charge is 2.20.